The lowest BCUT2D eigenvalue weighted by Crippen LogP contribution is -2.62. The minimum Gasteiger partial charge on any atom is -0.382 e. The van der Waals surface area contributed by atoms with Crippen LogP contribution in [-0.4, -0.2) is 135 Å². The van der Waals surface area contributed by atoms with Gasteiger partial charge in [0.15, 0.2) is 0 Å². The van der Waals surface area contributed by atoms with Crippen molar-refractivity contribution in [2.24, 2.45) is 22.3 Å². The number of primary amides is 2. The Morgan fingerprint density at radius 3 is 1.16 bits per heavy atom. The van der Waals surface area contributed by atoms with Crippen LogP contribution in [0.1, 0.15) is 122 Å². The third kappa shape index (κ3) is 14.8. The van der Waals surface area contributed by atoms with Gasteiger partial charge in [0.2, 0.25) is 47.3 Å². The summed E-state index contributed by atoms with van der Waals surface area (Å²) in [6.07, 6.45) is 0.117. The van der Waals surface area contributed by atoms with Crippen molar-refractivity contribution in [3.05, 3.63) is 154 Å². The fourth-order valence-electron chi connectivity index (χ4n) is 11.1. The summed E-state index contributed by atoms with van der Waals surface area (Å²) in [7, 11) is 6.35. The number of benzene rings is 5. The van der Waals surface area contributed by atoms with Gasteiger partial charge in [0, 0.05) is 62.4 Å². The van der Waals surface area contributed by atoms with E-state index < -0.39 is 106 Å². The number of ether oxygens (including phenoxy) is 2. The molecule has 8 atom stereocenters. The zero-order chi connectivity index (χ0) is 62.9. The lowest BCUT2D eigenvalue weighted by Gasteiger charge is -2.41. The fraction of sp³-hybridized carbons (Fsp3) is 0.424. The highest BCUT2D eigenvalue weighted by Crippen LogP contribution is 2.42. The number of fused-ring (bicyclic) bond motifs is 2. The summed E-state index contributed by atoms with van der Waals surface area (Å²) in [5.41, 5.74) is 16.5. The Labute approximate surface area is 504 Å². The predicted molar refractivity (Wildman–Crippen MR) is 329 cm³/mol. The van der Waals surface area contributed by atoms with Crippen LogP contribution in [-0.2, 0) is 64.2 Å². The fourth-order valence-corrected chi connectivity index (χ4v) is 11.1. The largest absolute Gasteiger partial charge is 0.382 e. The molecule has 0 saturated carbocycles. The number of carbonyl (C=O) groups is 8. The smallest absolute Gasteiger partial charge is 0.249 e. The SMILES string of the molecule is CNC(C)C(=O)NC(C(=O)N1Cc2cc(-c3c(C(N)=O)ccc(C(N)=O)c3-c3ccc4c(c3)CN(C(=O)C(NC(=O)C(C)NC)C(C)(C)C)C(C(=O)N[C@@H](COC)c3ccccc3)C4)ccc2CC1C(=O)N[C@@H](COC)c1ccccc1)C(C)(C)C. The summed E-state index contributed by atoms with van der Waals surface area (Å²) in [6, 6.07) is 25.6. The van der Waals surface area contributed by atoms with E-state index in [1.54, 1.807) is 52.2 Å². The Hall–Kier alpha value is -8.30. The molecule has 20 heteroatoms. The first-order valence-electron chi connectivity index (χ1n) is 29.0. The summed E-state index contributed by atoms with van der Waals surface area (Å²) in [4.78, 5) is 118. The maximum atomic E-state index is 15.3. The second-order valence-electron chi connectivity index (χ2n) is 24.5. The molecular formula is C66H84N10O10. The van der Waals surface area contributed by atoms with Crippen molar-refractivity contribution in [3.63, 3.8) is 0 Å². The highest BCUT2D eigenvalue weighted by atomic mass is 16.5. The van der Waals surface area contributed by atoms with Gasteiger partial charge in [-0.05, 0) is 108 Å². The summed E-state index contributed by atoms with van der Waals surface area (Å²) in [6.45, 7) is 14.4. The van der Waals surface area contributed by atoms with Crippen LogP contribution in [0, 0.1) is 10.8 Å². The van der Waals surface area contributed by atoms with Gasteiger partial charge in [0.25, 0.3) is 0 Å². The molecule has 0 bridgehead atoms. The highest BCUT2D eigenvalue weighted by Gasteiger charge is 2.45. The van der Waals surface area contributed by atoms with Crippen LogP contribution < -0.4 is 43.4 Å². The van der Waals surface area contributed by atoms with E-state index in [4.69, 9.17) is 20.9 Å². The quantitative estimate of drug-likeness (QED) is 0.0454. The number of nitrogens with two attached hydrogens (primary N) is 2. The van der Waals surface area contributed by atoms with Crippen LogP contribution in [0.3, 0.4) is 0 Å². The van der Waals surface area contributed by atoms with Crippen molar-refractivity contribution in [2.45, 2.75) is 130 Å². The monoisotopic (exact) mass is 1180 g/mol. The Balaban J connectivity index is 1.36. The number of hydrogen-bond donors (Lipinski definition) is 8. The Morgan fingerprint density at radius 1 is 0.512 bits per heavy atom. The molecular weight excluding hydrogens is 1090 g/mol. The molecule has 7 rings (SSSR count). The molecule has 0 aromatic heterocycles. The van der Waals surface area contributed by atoms with Gasteiger partial charge in [-0.25, -0.2) is 0 Å². The second-order valence-corrected chi connectivity index (χ2v) is 24.5. The number of rotatable bonds is 22. The molecule has 10 N–H and O–H groups in total. The molecule has 5 aromatic carbocycles. The van der Waals surface area contributed by atoms with Crippen molar-refractivity contribution in [1.82, 2.24) is 41.7 Å². The van der Waals surface area contributed by atoms with Crippen LogP contribution in [0.5, 0.6) is 0 Å². The van der Waals surface area contributed by atoms with E-state index >= 15 is 9.59 Å². The van der Waals surface area contributed by atoms with Crippen molar-refractivity contribution >= 4 is 47.3 Å². The number of nitrogens with one attached hydrogen (secondary N) is 6. The van der Waals surface area contributed by atoms with Crippen LogP contribution in [0.25, 0.3) is 22.3 Å². The first-order valence-corrected chi connectivity index (χ1v) is 29.0. The molecule has 2 aliphatic heterocycles. The van der Waals surface area contributed by atoms with Gasteiger partial charge in [-0.15, -0.1) is 0 Å². The zero-order valence-corrected chi connectivity index (χ0v) is 51.4. The normalized spacial score (nSPS) is 17.1. The summed E-state index contributed by atoms with van der Waals surface area (Å²) >= 11 is 0. The summed E-state index contributed by atoms with van der Waals surface area (Å²) < 4.78 is 11.1. The number of hydrogen-bond acceptors (Lipinski definition) is 12. The van der Waals surface area contributed by atoms with E-state index in [2.05, 4.69) is 31.9 Å². The van der Waals surface area contributed by atoms with Crippen LogP contribution in [0.15, 0.2) is 109 Å². The lowest BCUT2D eigenvalue weighted by atomic mass is 9.81. The molecule has 8 amide bonds. The topological polar surface area (TPSA) is 286 Å². The molecule has 2 heterocycles. The predicted octanol–water partition coefficient (Wildman–Crippen LogP) is 5.01. The van der Waals surface area contributed by atoms with Crippen molar-refractivity contribution < 1.29 is 47.8 Å². The molecule has 0 aliphatic carbocycles. The average Bonchev–Trinajstić information content (AvgIpc) is 0.886. The maximum Gasteiger partial charge on any atom is 0.249 e. The molecule has 6 unspecified atom stereocenters. The van der Waals surface area contributed by atoms with Gasteiger partial charge in [0.1, 0.15) is 24.2 Å². The van der Waals surface area contributed by atoms with E-state index in [0.29, 0.717) is 33.4 Å². The van der Waals surface area contributed by atoms with Gasteiger partial charge in [-0.3, -0.25) is 38.4 Å². The standard InChI is InChI=1S/C66H84N10O10/c1-37(69-9)59(79)73-55(65(3,4)5)63(83)75-33-45-29-43(25-23-41(45)31-51(75)61(81)71-49(35-85-11)39-19-15-13-16-20-39)53-47(57(67)77)27-28-48(58(68)78)54(53)44-26-24-42-32-52(62(82)72-50(36-86-12)40-21-17-14-18-22-40)76(34-46(42)30-44)64(84)56(66(6,7)8)74-60(80)38(2)70-10/h13-30,37-38,49-52,55-56,69-70H,31-36H2,1-12H3,(H2,67,77)(H2,68,78)(H,71,81)(H,72,82)(H,73,79)(H,74,80)/t37?,38?,49-,50-,51?,52?,55?,56?/m0/s1. The molecule has 20 nitrogen and oxygen atoms in total. The zero-order valence-electron chi connectivity index (χ0n) is 51.4. The van der Waals surface area contributed by atoms with E-state index in [1.165, 1.54) is 36.2 Å². The van der Waals surface area contributed by atoms with E-state index in [0.717, 1.165) is 11.1 Å². The highest BCUT2D eigenvalue weighted by molar-refractivity contribution is 6.11. The molecule has 86 heavy (non-hydrogen) atoms. The molecule has 2 aliphatic rings. The van der Waals surface area contributed by atoms with Crippen LogP contribution in [0.2, 0.25) is 0 Å². The minimum atomic E-state index is -1.09. The lowest BCUT2D eigenvalue weighted by molar-refractivity contribution is -0.147. The van der Waals surface area contributed by atoms with Gasteiger partial charge >= 0.3 is 0 Å². The van der Waals surface area contributed by atoms with Gasteiger partial charge < -0.3 is 62.6 Å². The van der Waals surface area contributed by atoms with Crippen molar-refractivity contribution in [1.29, 1.82) is 0 Å². The average molecular weight is 1180 g/mol. The second kappa shape index (κ2) is 27.8. The Bertz CT molecular complexity index is 3110. The molecule has 0 fully saturated rings. The van der Waals surface area contributed by atoms with E-state index in [9.17, 15) is 28.8 Å². The summed E-state index contributed by atoms with van der Waals surface area (Å²) in [5.74, 6) is -4.35. The van der Waals surface area contributed by atoms with E-state index in [1.807, 2.05) is 114 Å². The molecule has 0 spiro atoms. The molecule has 458 valence electrons. The third-order valence-electron chi connectivity index (χ3n) is 16.3. The van der Waals surface area contributed by atoms with Crippen LogP contribution >= 0.6 is 0 Å². The first kappa shape index (κ1) is 65.2. The van der Waals surface area contributed by atoms with Gasteiger partial charge in [-0.1, -0.05) is 126 Å². The number of likely N-dealkylation sites (N-methyl/N-ethyl adjacent to an activating group) is 2. The number of methoxy groups -OCH3 is 2. The van der Waals surface area contributed by atoms with E-state index in [-0.39, 0.29) is 61.4 Å². The molecule has 0 radical (unpaired) electrons. The van der Waals surface area contributed by atoms with Crippen LogP contribution in [0.4, 0.5) is 0 Å². The van der Waals surface area contributed by atoms with Crippen molar-refractivity contribution in [3.8, 4) is 22.3 Å². The number of carbonyl (C=O) groups excluding carboxylic acids is 8. The van der Waals surface area contributed by atoms with Gasteiger partial charge in [-0.2, -0.15) is 0 Å². The third-order valence-corrected chi connectivity index (χ3v) is 16.3. The maximum absolute atomic E-state index is 15.3. The van der Waals surface area contributed by atoms with Crippen molar-refractivity contribution in [2.75, 3.05) is 41.5 Å². The Morgan fingerprint density at radius 2 is 0.860 bits per heavy atom. The minimum absolute atomic E-state index is 0.0417. The Kier molecular flexibility index (Phi) is 21.1. The number of nitrogens with zero attached hydrogens (tertiary/aromatic N) is 2. The first-order chi connectivity index (χ1) is 40.7. The number of amides is 8. The molecule has 5 aromatic rings. The molecule has 0 saturated heterocycles. The summed E-state index contributed by atoms with van der Waals surface area (Å²) in [5, 5.41) is 18.0. The van der Waals surface area contributed by atoms with Gasteiger partial charge in [0.05, 0.1) is 37.4 Å².